The first kappa shape index (κ1) is 12.1. The van der Waals surface area contributed by atoms with Gasteiger partial charge in [-0.2, -0.15) is 5.10 Å². The number of halogens is 1. The average Bonchev–Trinajstić information content (AvgIpc) is 2.82. The fourth-order valence-electron chi connectivity index (χ4n) is 1.60. The third-order valence-electron chi connectivity index (χ3n) is 2.43. The van der Waals surface area contributed by atoms with E-state index in [1.807, 2.05) is 18.2 Å². The number of nitrogens with zero attached hydrogens (tertiary/aromatic N) is 1. The van der Waals surface area contributed by atoms with Gasteiger partial charge in [0.2, 0.25) is 0 Å². The Kier molecular flexibility index (Phi) is 4.17. The Bertz CT molecular complexity index is 471. The Labute approximate surface area is 109 Å². The molecule has 5 heteroatoms. The van der Waals surface area contributed by atoms with Crippen molar-refractivity contribution in [2.45, 2.75) is 13.1 Å². The van der Waals surface area contributed by atoms with E-state index >= 15 is 0 Å². The monoisotopic (exact) mass is 295 g/mol. The minimum Gasteiger partial charge on any atom is -0.496 e. The van der Waals surface area contributed by atoms with E-state index in [1.54, 1.807) is 13.3 Å². The maximum Gasteiger partial charge on any atom is 0.123 e. The molecule has 0 unspecified atom stereocenters. The van der Waals surface area contributed by atoms with Crippen molar-refractivity contribution in [3.05, 3.63) is 46.2 Å². The van der Waals surface area contributed by atoms with Gasteiger partial charge in [-0.3, -0.25) is 5.10 Å². The van der Waals surface area contributed by atoms with Gasteiger partial charge in [0, 0.05) is 35.0 Å². The van der Waals surface area contributed by atoms with Gasteiger partial charge in [-0.25, -0.2) is 0 Å². The molecule has 0 aliphatic heterocycles. The Morgan fingerprint density at radius 3 is 2.94 bits per heavy atom. The predicted octanol–water partition coefficient (Wildman–Crippen LogP) is 2.47. The number of aromatic nitrogens is 2. The summed E-state index contributed by atoms with van der Waals surface area (Å²) in [7, 11) is 1.68. The van der Waals surface area contributed by atoms with Crippen molar-refractivity contribution in [3.8, 4) is 5.75 Å². The molecule has 0 spiro atoms. The fraction of sp³-hybridized carbons (Fsp3) is 0.250. The summed E-state index contributed by atoms with van der Waals surface area (Å²) >= 11 is 3.46. The molecule has 1 aromatic carbocycles. The molecule has 2 aromatic rings. The number of methoxy groups -OCH3 is 1. The first-order valence-corrected chi connectivity index (χ1v) is 6.10. The average molecular weight is 296 g/mol. The Morgan fingerprint density at radius 1 is 1.35 bits per heavy atom. The summed E-state index contributed by atoms with van der Waals surface area (Å²) < 4.78 is 6.36. The van der Waals surface area contributed by atoms with E-state index in [0.717, 1.165) is 34.6 Å². The van der Waals surface area contributed by atoms with E-state index in [4.69, 9.17) is 4.74 Å². The van der Waals surface area contributed by atoms with Gasteiger partial charge in [-0.1, -0.05) is 15.9 Å². The molecular formula is C12H14BrN3O. The summed E-state index contributed by atoms with van der Waals surface area (Å²) in [4.78, 5) is 0. The molecule has 0 saturated heterocycles. The van der Waals surface area contributed by atoms with Crippen molar-refractivity contribution in [1.29, 1.82) is 0 Å². The van der Waals surface area contributed by atoms with E-state index in [9.17, 15) is 0 Å². The van der Waals surface area contributed by atoms with Crippen LogP contribution in [0.2, 0.25) is 0 Å². The van der Waals surface area contributed by atoms with Crippen molar-refractivity contribution in [1.82, 2.24) is 15.5 Å². The van der Waals surface area contributed by atoms with Crippen LogP contribution < -0.4 is 10.1 Å². The molecule has 0 amide bonds. The third kappa shape index (κ3) is 3.31. The molecule has 0 radical (unpaired) electrons. The number of rotatable bonds is 5. The van der Waals surface area contributed by atoms with Gasteiger partial charge in [0.25, 0.3) is 0 Å². The normalized spacial score (nSPS) is 10.5. The topological polar surface area (TPSA) is 49.9 Å². The quantitative estimate of drug-likeness (QED) is 0.891. The molecule has 2 N–H and O–H groups in total. The van der Waals surface area contributed by atoms with Crippen molar-refractivity contribution in [3.63, 3.8) is 0 Å². The number of hydrogen-bond acceptors (Lipinski definition) is 3. The molecule has 0 aliphatic carbocycles. The molecule has 2 rings (SSSR count). The van der Waals surface area contributed by atoms with Gasteiger partial charge in [0.15, 0.2) is 0 Å². The van der Waals surface area contributed by atoms with Crippen LogP contribution in [0.1, 0.15) is 11.3 Å². The Morgan fingerprint density at radius 2 is 2.24 bits per heavy atom. The largest absolute Gasteiger partial charge is 0.496 e. The molecular weight excluding hydrogens is 282 g/mol. The van der Waals surface area contributed by atoms with Crippen LogP contribution in [0.4, 0.5) is 0 Å². The number of benzene rings is 1. The van der Waals surface area contributed by atoms with E-state index < -0.39 is 0 Å². The number of H-pyrrole nitrogens is 1. The fourth-order valence-corrected chi connectivity index (χ4v) is 2.01. The van der Waals surface area contributed by atoms with Crippen LogP contribution in [0.25, 0.3) is 0 Å². The van der Waals surface area contributed by atoms with Crippen LogP contribution in [0, 0.1) is 0 Å². The van der Waals surface area contributed by atoms with Crippen molar-refractivity contribution >= 4 is 15.9 Å². The second kappa shape index (κ2) is 5.84. The zero-order chi connectivity index (χ0) is 12.1. The molecule has 0 aliphatic rings. The summed E-state index contributed by atoms with van der Waals surface area (Å²) in [5, 5.41) is 10.1. The van der Waals surface area contributed by atoms with Gasteiger partial charge < -0.3 is 10.1 Å². The van der Waals surface area contributed by atoms with E-state index in [1.165, 1.54) is 0 Å². The minimum atomic E-state index is 0.752. The Hall–Kier alpha value is -1.33. The summed E-state index contributed by atoms with van der Waals surface area (Å²) in [6, 6.07) is 7.93. The molecule has 0 bridgehead atoms. The van der Waals surface area contributed by atoms with Crippen LogP contribution >= 0.6 is 15.9 Å². The highest BCUT2D eigenvalue weighted by Gasteiger charge is 2.03. The van der Waals surface area contributed by atoms with E-state index in [2.05, 4.69) is 37.5 Å². The summed E-state index contributed by atoms with van der Waals surface area (Å²) in [5.74, 6) is 0.894. The van der Waals surface area contributed by atoms with Gasteiger partial charge in [-0.05, 0) is 24.3 Å². The SMILES string of the molecule is COc1ccc(Br)cc1CNCc1ccn[nH]1. The van der Waals surface area contributed by atoms with Gasteiger partial charge in [-0.15, -0.1) is 0 Å². The van der Waals surface area contributed by atoms with E-state index in [-0.39, 0.29) is 0 Å². The molecule has 1 heterocycles. The highest BCUT2D eigenvalue weighted by atomic mass is 79.9. The van der Waals surface area contributed by atoms with Crippen LogP contribution in [0.5, 0.6) is 5.75 Å². The molecule has 0 fully saturated rings. The second-order valence-electron chi connectivity index (χ2n) is 3.64. The lowest BCUT2D eigenvalue weighted by Crippen LogP contribution is -2.13. The summed E-state index contributed by atoms with van der Waals surface area (Å²) in [5.41, 5.74) is 2.19. The second-order valence-corrected chi connectivity index (χ2v) is 4.56. The van der Waals surface area contributed by atoms with Crippen molar-refractivity contribution in [2.24, 2.45) is 0 Å². The number of aromatic amines is 1. The Balaban J connectivity index is 1.96. The smallest absolute Gasteiger partial charge is 0.123 e. The summed E-state index contributed by atoms with van der Waals surface area (Å²) in [6.45, 7) is 1.51. The number of nitrogens with one attached hydrogen (secondary N) is 2. The molecule has 90 valence electrons. The third-order valence-corrected chi connectivity index (χ3v) is 2.93. The van der Waals surface area contributed by atoms with Crippen LogP contribution in [0.3, 0.4) is 0 Å². The zero-order valence-electron chi connectivity index (χ0n) is 9.53. The number of hydrogen-bond donors (Lipinski definition) is 2. The number of ether oxygens (including phenoxy) is 1. The summed E-state index contributed by atoms with van der Waals surface area (Å²) in [6.07, 6.45) is 1.75. The van der Waals surface area contributed by atoms with Gasteiger partial charge in [0.1, 0.15) is 5.75 Å². The highest BCUT2D eigenvalue weighted by Crippen LogP contribution is 2.22. The first-order chi connectivity index (χ1) is 8.29. The molecule has 17 heavy (non-hydrogen) atoms. The molecule has 0 atom stereocenters. The lowest BCUT2D eigenvalue weighted by atomic mass is 10.2. The first-order valence-electron chi connectivity index (χ1n) is 5.31. The maximum absolute atomic E-state index is 5.31. The highest BCUT2D eigenvalue weighted by molar-refractivity contribution is 9.10. The predicted molar refractivity (Wildman–Crippen MR) is 69.8 cm³/mol. The molecule has 0 saturated carbocycles. The lowest BCUT2D eigenvalue weighted by molar-refractivity contribution is 0.407. The van der Waals surface area contributed by atoms with Crippen LogP contribution in [-0.4, -0.2) is 17.3 Å². The van der Waals surface area contributed by atoms with Crippen molar-refractivity contribution in [2.75, 3.05) is 7.11 Å². The van der Waals surface area contributed by atoms with Crippen LogP contribution in [0.15, 0.2) is 34.9 Å². The van der Waals surface area contributed by atoms with E-state index in [0.29, 0.717) is 0 Å². The van der Waals surface area contributed by atoms with Gasteiger partial charge in [0.05, 0.1) is 7.11 Å². The zero-order valence-corrected chi connectivity index (χ0v) is 11.1. The molecule has 4 nitrogen and oxygen atoms in total. The van der Waals surface area contributed by atoms with Crippen LogP contribution in [-0.2, 0) is 13.1 Å². The maximum atomic E-state index is 5.31. The van der Waals surface area contributed by atoms with Gasteiger partial charge >= 0.3 is 0 Å². The lowest BCUT2D eigenvalue weighted by Gasteiger charge is -2.09. The standard InChI is InChI=1S/C12H14BrN3O/c1-17-12-3-2-10(13)6-9(12)7-14-8-11-4-5-15-16-11/h2-6,14H,7-8H2,1H3,(H,15,16). The molecule has 1 aromatic heterocycles. The minimum absolute atomic E-state index is 0.752. The van der Waals surface area contributed by atoms with Crippen molar-refractivity contribution < 1.29 is 4.74 Å².